The molecule has 1 aromatic carbocycles. The van der Waals surface area contributed by atoms with Gasteiger partial charge in [-0.3, -0.25) is 9.78 Å². The van der Waals surface area contributed by atoms with Gasteiger partial charge in [-0.15, -0.1) is 0 Å². The van der Waals surface area contributed by atoms with Crippen molar-refractivity contribution in [3.63, 3.8) is 0 Å². The molecule has 0 saturated heterocycles. The van der Waals surface area contributed by atoms with Gasteiger partial charge < -0.3 is 5.32 Å². The topological polar surface area (TPSA) is 54.9 Å². The molecule has 1 heterocycles. The van der Waals surface area contributed by atoms with Crippen molar-refractivity contribution in [2.45, 2.75) is 25.8 Å². The zero-order valence-electron chi connectivity index (χ0n) is 10.9. The third-order valence-electron chi connectivity index (χ3n) is 2.88. The number of carbonyl (C=O) groups excluding carboxylic acids is 1. The third-order valence-corrected chi connectivity index (χ3v) is 2.88. The molecule has 0 unspecified atom stereocenters. The number of benzene rings is 1. The number of hydrogen-bond acceptors (Lipinski definition) is 3. The third kappa shape index (κ3) is 4.17. The van der Waals surface area contributed by atoms with Crippen LogP contribution in [0.15, 0.2) is 48.9 Å². The number of amides is 1. The van der Waals surface area contributed by atoms with Crippen molar-refractivity contribution in [1.82, 2.24) is 15.3 Å². The first-order valence-corrected chi connectivity index (χ1v) is 6.36. The Labute approximate surface area is 112 Å². The van der Waals surface area contributed by atoms with Crippen LogP contribution in [0.5, 0.6) is 0 Å². The molecule has 0 aliphatic rings. The van der Waals surface area contributed by atoms with Gasteiger partial charge in [-0.05, 0) is 25.3 Å². The molecule has 0 spiro atoms. The van der Waals surface area contributed by atoms with Gasteiger partial charge in [0.15, 0.2) is 0 Å². The SMILES string of the molecule is C[C@@H](CCc1ccccc1)NC(=O)c1cnccn1. The minimum atomic E-state index is -0.173. The molecule has 0 saturated carbocycles. The van der Waals surface area contributed by atoms with E-state index < -0.39 is 0 Å². The predicted octanol–water partition coefficient (Wildman–Crippen LogP) is 2.23. The molecule has 1 atom stereocenters. The summed E-state index contributed by atoms with van der Waals surface area (Å²) in [5.41, 5.74) is 1.64. The molecule has 0 fully saturated rings. The largest absolute Gasteiger partial charge is 0.348 e. The molecule has 1 amide bonds. The van der Waals surface area contributed by atoms with Crippen molar-refractivity contribution < 1.29 is 4.79 Å². The Hall–Kier alpha value is -2.23. The maximum atomic E-state index is 11.9. The van der Waals surface area contributed by atoms with Gasteiger partial charge in [0.1, 0.15) is 5.69 Å². The first-order valence-electron chi connectivity index (χ1n) is 6.36. The Bertz CT molecular complexity index is 513. The number of nitrogens with zero attached hydrogens (tertiary/aromatic N) is 2. The summed E-state index contributed by atoms with van der Waals surface area (Å²) in [7, 11) is 0. The number of aromatic nitrogens is 2. The highest BCUT2D eigenvalue weighted by atomic mass is 16.1. The quantitative estimate of drug-likeness (QED) is 0.891. The first kappa shape index (κ1) is 13.2. The summed E-state index contributed by atoms with van der Waals surface area (Å²) < 4.78 is 0. The highest BCUT2D eigenvalue weighted by molar-refractivity contribution is 5.92. The summed E-state index contributed by atoms with van der Waals surface area (Å²) in [5.74, 6) is -0.173. The van der Waals surface area contributed by atoms with E-state index in [1.807, 2.05) is 25.1 Å². The predicted molar refractivity (Wildman–Crippen MR) is 73.7 cm³/mol. The van der Waals surface area contributed by atoms with Gasteiger partial charge in [-0.25, -0.2) is 4.98 Å². The Morgan fingerprint density at radius 3 is 2.74 bits per heavy atom. The maximum absolute atomic E-state index is 11.9. The molecular formula is C15H17N3O. The first-order chi connectivity index (χ1) is 9.25. The highest BCUT2D eigenvalue weighted by Gasteiger charge is 2.10. The number of rotatable bonds is 5. The van der Waals surface area contributed by atoms with Gasteiger partial charge in [0.25, 0.3) is 5.91 Å². The van der Waals surface area contributed by atoms with Gasteiger partial charge in [0.2, 0.25) is 0 Å². The number of nitrogens with one attached hydrogen (secondary N) is 1. The lowest BCUT2D eigenvalue weighted by atomic mass is 10.1. The summed E-state index contributed by atoms with van der Waals surface area (Å²) >= 11 is 0. The normalized spacial score (nSPS) is 11.8. The molecule has 98 valence electrons. The summed E-state index contributed by atoms with van der Waals surface area (Å²) in [6, 6.07) is 10.3. The Balaban J connectivity index is 1.81. The standard InChI is InChI=1S/C15H17N3O/c1-12(7-8-13-5-3-2-4-6-13)18-15(19)14-11-16-9-10-17-14/h2-6,9-12H,7-8H2,1H3,(H,18,19)/t12-/m0/s1. The van der Waals surface area contributed by atoms with Crippen LogP contribution >= 0.6 is 0 Å². The fourth-order valence-electron chi connectivity index (χ4n) is 1.81. The van der Waals surface area contributed by atoms with Crippen LogP contribution in [0.2, 0.25) is 0 Å². The second-order valence-corrected chi connectivity index (χ2v) is 4.49. The monoisotopic (exact) mass is 255 g/mol. The van der Waals surface area contributed by atoms with E-state index in [1.54, 1.807) is 6.20 Å². The number of carbonyl (C=O) groups is 1. The molecule has 4 heteroatoms. The van der Waals surface area contributed by atoms with E-state index in [2.05, 4.69) is 27.4 Å². The minimum Gasteiger partial charge on any atom is -0.348 e. The van der Waals surface area contributed by atoms with Gasteiger partial charge >= 0.3 is 0 Å². The van der Waals surface area contributed by atoms with E-state index in [9.17, 15) is 4.79 Å². The summed E-state index contributed by atoms with van der Waals surface area (Å²) in [4.78, 5) is 19.7. The molecule has 0 aliphatic carbocycles. The number of hydrogen-bond donors (Lipinski definition) is 1. The van der Waals surface area contributed by atoms with E-state index >= 15 is 0 Å². The molecule has 2 rings (SSSR count). The highest BCUT2D eigenvalue weighted by Crippen LogP contribution is 2.05. The van der Waals surface area contributed by atoms with Gasteiger partial charge in [0, 0.05) is 18.4 Å². The van der Waals surface area contributed by atoms with Crippen molar-refractivity contribution >= 4 is 5.91 Å². The minimum absolute atomic E-state index is 0.106. The second-order valence-electron chi connectivity index (χ2n) is 4.49. The Morgan fingerprint density at radius 1 is 1.26 bits per heavy atom. The Morgan fingerprint density at radius 2 is 2.05 bits per heavy atom. The van der Waals surface area contributed by atoms with Crippen LogP contribution in [0.3, 0.4) is 0 Å². The molecule has 1 N–H and O–H groups in total. The van der Waals surface area contributed by atoms with Crippen molar-refractivity contribution in [2.24, 2.45) is 0 Å². The van der Waals surface area contributed by atoms with Crippen LogP contribution < -0.4 is 5.32 Å². The maximum Gasteiger partial charge on any atom is 0.271 e. The van der Waals surface area contributed by atoms with Crippen LogP contribution in [-0.4, -0.2) is 21.9 Å². The average molecular weight is 255 g/mol. The lowest BCUT2D eigenvalue weighted by Crippen LogP contribution is -2.33. The summed E-state index contributed by atoms with van der Waals surface area (Å²) in [5, 5.41) is 2.92. The lowest BCUT2D eigenvalue weighted by Gasteiger charge is -2.13. The Kier molecular flexibility index (Phi) is 4.61. The van der Waals surface area contributed by atoms with Crippen LogP contribution in [0.4, 0.5) is 0 Å². The van der Waals surface area contributed by atoms with E-state index in [0.717, 1.165) is 12.8 Å². The average Bonchev–Trinajstić information content (AvgIpc) is 2.47. The number of aryl methyl sites for hydroxylation is 1. The molecular weight excluding hydrogens is 238 g/mol. The zero-order chi connectivity index (χ0) is 13.5. The van der Waals surface area contributed by atoms with E-state index in [0.29, 0.717) is 5.69 Å². The van der Waals surface area contributed by atoms with Crippen LogP contribution in [-0.2, 0) is 6.42 Å². The van der Waals surface area contributed by atoms with Crippen molar-refractivity contribution in [3.8, 4) is 0 Å². The van der Waals surface area contributed by atoms with Crippen LogP contribution in [0, 0.1) is 0 Å². The molecule has 4 nitrogen and oxygen atoms in total. The molecule has 2 aromatic rings. The van der Waals surface area contributed by atoms with Crippen molar-refractivity contribution in [3.05, 3.63) is 60.2 Å². The molecule has 0 aliphatic heterocycles. The molecule has 1 aromatic heterocycles. The lowest BCUT2D eigenvalue weighted by molar-refractivity contribution is 0.0933. The van der Waals surface area contributed by atoms with Gasteiger partial charge in [-0.1, -0.05) is 30.3 Å². The van der Waals surface area contributed by atoms with Gasteiger partial charge in [0.05, 0.1) is 6.20 Å². The smallest absolute Gasteiger partial charge is 0.271 e. The van der Waals surface area contributed by atoms with Crippen molar-refractivity contribution in [2.75, 3.05) is 0 Å². The van der Waals surface area contributed by atoms with E-state index in [-0.39, 0.29) is 11.9 Å². The van der Waals surface area contributed by atoms with E-state index in [1.165, 1.54) is 18.0 Å². The molecule has 19 heavy (non-hydrogen) atoms. The van der Waals surface area contributed by atoms with Crippen molar-refractivity contribution in [1.29, 1.82) is 0 Å². The van der Waals surface area contributed by atoms with Crippen LogP contribution in [0.25, 0.3) is 0 Å². The summed E-state index contributed by atoms with van der Waals surface area (Å²) in [6.07, 6.45) is 6.39. The zero-order valence-corrected chi connectivity index (χ0v) is 10.9. The van der Waals surface area contributed by atoms with Gasteiger partial charge in [-0.2, -0.15) is 0 Å². The fraction of sp³-hybridized carbons (Fsp3) is 0.267. The summed E-state index contributed by atoms with van der Waals surface area (Å²) in [6.45, 7) is 2.00. The van der Waals surface area contributed by atoms with E-state index in [4.69, 9.17) is 0 Å². The van der Waals surface area contributed by atoms with Crippen LogP contribution in [0.1, 0.15) is 29.4 Å². The fourth-order valence-corrected chi connectivity index (χ4v) is 1.81. The second kappa shape index (κ2) is 6.64. The molecule has 0 bridgehead atoms. The molecule has 0 radical (unpaired) electrons.